The first-order valence-corrected chi connectivity index (χ1v) is 10.4. The van der Waals surface area contributed by atoms with E-state index in [-0.39, 0.29) is 11.8 Å². The summed E-state index contributed by atoms with van der Waals surface area (Å²) < 4.78 is 0. The monoisotopic (exact) mass is 363 g/mol. The molecule has 24 heavy (non-hydrogen) atoms. The van der Waals surface area contributed by atoms with Crippen molar-refractivity contribution in [2.75, 3.05) is 5.32 Å². The highest BCUT2D eigenvalue weighted by atomic mass is 32.2. The zero-order valence-corrected chi connectivity index (χ0v) is 16.0. The summed E-state index contributed by atoms with van der Waals surface area (Å²) in [4.78, 5) is 12.3. The number of unbranched alkanes of at least 4 members (excludes halogenated alkanes) is 1. The quantitative estimate of drug-likeness (QED) is 0.636. The Morgan fingerprint density at radius 3 is 2.71 bits per heavy atom. The fraction of sp³-hybridized carbons (Fsp3) is 0.500. The zero-order valence-electron chi connectivity index (χ0n) is 14.3. The predicted octanol–water partition coefficient (Wildman–Crippen LogP) is 5.13. The van der Waals surface area contributed by atoms with Crippen molar-refractivity contribution in [1.29, 1.82) is 0 Å². The Hall–Kier alpha value is -1.40. The average molecular weight is 364 g/mol. The van der Waals surface area contributed by atoms with Crippen molar-refractivity contribution >= 4 is 34.1 Å². The Balaban J connectivity index is 1.78. The number of anilines is 1. The third-order valence-corrected chi connectivity index (χ3v) is 5.84. The summed E-state index contributed by atoms with van der Waals surface area (Å²) in [6.07, 6.45) is 4.01. The molecule has 130 valence electrons. The number of hydrogen-bond donors (Lipinski definition) is 1. The van der Waals surface area contributed by atoms with Gasteiger partial charge in [-0.3, -0.25) is 4.79 Å². The van der Waals surface area contributed by atoms with Gasteiger partial charge in [-0.15, -0.1) is 22.0 Å². The fourth-order valence-electron chi connectivity index (χ4n) is 2.37. The summed E-state index contributed by atoms with van der Waals surface area (Å²) in [6.45, 7) is 4.21. The summed E-state index contributed by atoms with van der Waals surface area (Å²) in [5, 5.41) is 12.8. The molecule has 2 rings (SSSR count). The number of rotatable bonds is 10. The largest absolute Gasteiger partial charge is 0.300 e. The molecule has 1 amide bonds. The minimum atomic E-state index is 0.0738. The van der Waals surface area contributed by atoms with Gasteiger partial charge in [-0.2, -0.15) is 0 Å². The Morgan fingerprint density at radius 1 is 1.21 bits per heavy atom. The Labute approximate surface area is 152 Å². The van der Waals surface area contributed by atoms with Crippen LogP contribution >= 0.6 is 23.1 Å². The number of hydrogen-bond acceptors (Lipinski definition) is 5. The maximum Gasteiger partial charge on any atom is 0.229 e. The number of nitrogens with zero attached hydrogens (tertiary/aromatic N) is 2. The summed E-state index contributed by atoms with van der Waals surface area (Å²) >= 11 is 3.28. The van der Waals surface area contributed by atoms with E-state index >= 15 is 0 Å². The smallest absolute Gasteiger partial charge is 0.229 e. The van der Waals surface area contributed by atoms with Gasteiger partial charge in [0.25, 0.3) is 0 Å². The minimum Gasteiger partial charge on any atom is -0.300 e. The van der Waals surface area contributed by atoms with Crippen molar-refractivity contribution < 1.29 is 4.79 Å². The van der Waals surface area contributed by atoms with E-state index in [9.17, 15) is 4.79 Å². The van der Waals surface area contributed by atoms with Gasteiger partial charge in [0.05, 0.1) is 0 Å². The van der Waals surface area contributed by atoms with Gasteiger partial charge in [0.15, 0.2) is 0 Å². The lowest BCUT2D eigenvalue weighted by Crippen LogP contribution is -2.22. The number of thioether (sulfide) groups is 1. The molecule has 6 heteroatoms. The van der Waals surface area contributed by atoms with Crippen LogP contribution in [0.2, 0.25) is 0 Å². The van der Waals surface area contributed by atoms with Crippen LogP contribution in [0.4, 0.5) is 5.13 Å². The summed E-state index contributed by atoms with van der Waals surface area (Å²) in [6, 6.07) is 10.4. The maximum absolute atomic E-state index is 12.3. The van der Waals surface area contributed by atoms with Crippen LogP contribution in [0.25, 0.3) is 0 Å². The number of nitrogens with one attached hydrogen (secondary N) is 1. The van der Waals surface area contributed by atoms with Crippen LogP contribution in [0.1, 0.15) is 50.1 Å². The third kappa shape index (κ3) is 6.24. The zero-order chi connectivity index (χ0) is 17.2. The van der Waals surface area contributed by atoms with E-state index in [2.05, 4.69) is 53.6 Å². The molecule has 0 saturated carbocycles. The summed E-state index contributed by atoms with van der Waals surface area (Å²) in [5.74, 6) is 1.92. The van der Waals surface area contributed by atoms with Gasteiger partial charge in [-0.05, 0) is 18.4 Å². The lowest BCUT2D eigenvalue weighted by molar-refractivity contribution is -0.120. The molecule has 4 nitrogen and oxygen atoms in total. The van der Waals surface area contributed by atoms with Crippen LogP contribution in [-0.4, -0.2) is 16.1 Å². The first-order chi connectivity index (χ1) is 11.7. The molecular formula is C18H25N3OS2. The number of carbonyl (C=O) groups is 1. The number of carbonyl (C=O) groups excluding carboxylic acids is 1. The maximum atomic E-state index is 12.3. The van der Waals surface area contributed by atoms with Gasteiger partial charge in [0, 0.05) is 17.4 Å². The van der Waals surface area contributed by atoms with Crippen LogP contribution in [0.5, 0.6) is 0 Å². The Bertz CT molecular complexity index is 616. The summed E-state index contributed by atoms with van der Waals surface area (Å²) in [5.41, 5.74) is 1.31. The van der Waals surface area contributed by atoms with E-state index in [0.717, 1.165) is 42.2 Å². The van der Waals surface area contributed by atoms with E-state index in [1.165, 1.54) is 16.9 Å². The van der Waals surface area contributed by atoms with Crippen LogP contribution in [0, 0.1) is 5.92 Å². The van der Waals surface area contributed by atoms with Gasteiger partial charge >= 0.3 is 0 Å². The van der Waals surface area contributed by atoms with E-state index in [1.54, 1.807) is 0 Å². The molecule has 0 aliphatic rings. The molecular weight excluding hydrogens is 338 g/mol. The SMILES string of the molecule is CCCCC(CC)C(=O)Nc1nnc(CSCc2ccccc2)s1. The molecule has 1 unspecified atom stereocenters. The van der Waals surface area contributed by atoms with Gasteiger partial charge < -0.3 is 5.32 Å². The highest BCUT2D eigenvalue weighted by Crippen LogP contribution is 2.23. The second kappa shape index (κ2) is 10.5. The molecule has 0 saturated heterocycles. The number of benzene rings is 1. The molecule has 1 N–H and O–H groups in total. The van der Waals surface area contributed by atoms with Gasteiger partial charge in [0.1, 0.15) is 5.01 Å². The second-order valence-corrected chi connectivity index (χ2v) is 7.76. The molecule has 0 aliphatic carbocycles. The summed E-state index contributed by atoms with van der Waals surface area (Å²) in [7, 11) is 0. The van der Waals surface area contributed by atoms with Crippen molar-refractivity contribution in [1.82, 2.24) is 10.2 Å². The minimum absolute atomic E-state index is 0.0738. The van der Waals surface area contributed by atoms with Crippen molar-refractivity contribution in [3.63, 3.8) is 0 Å². The number of amides is 1. The van der Waals surface area contributed by atoms with Crippen molar-refractivity contribution in [2.45, 2.75) is 51.0 Å². The average Bonchev–Trinajstić information content (AvgIpc) is 3.04. The van der Waals surface area contributed by atoms with Crippen LogP contribution in [0.3, 0.4) is 0 Å². The van der Waals surface area contributed by atoms with E-state index in [4.69, 9.17) is 0 Å². The van der Waals surface area contributed by atoms with E-state index in [0.29, 0.717) is 5.13 Å². The third-order valence-electron chi connectivity index (χ3n) is 3.80. The molecule has 1 heterocycles. The molecule has 0 bridgehead atoms. The normalized spacial score (nSPS) is 12.1. The molecule has 0 aliphatic heterocycles. The second-order valence-electron chi connectivity index (χ2n) is 5.72. The molecule has 1 atom stereocenters. The standard InChI is InChI=1S/C18H25N3OS2/c1-3-5-11-15(4-2)17(22)19-18-21-20-16(24-18)13-23-12-14-9-7-6-8-10-14/h6-10,15H,3-5,11-13H2,1-2H3,(H,19,21,22). The van der Waals surface area contributed by atoms with Crippen LogP contribution in [0.15, 0.2) is 30.3 Å². The molecule has 0 fully saturated rings. The van der Waals surface area contributed by atoms with Gasteiger partial charge in [-0.25, -0.2) is 0 Å². The fourth-order valence-corrected chi connectivity index (χ4v) is 4.16. The molecule has 2 aromatic rings. The number of aromatic nitrogens is 2. The van der Waals surface area contributed by atoms with Gasteiger partial charge in [-0.1, -0.05) is 68.4 Å². The highest BCUT2D eigenvalue weighted by molar-refractivity contribution is 7.97. The first kappa shape index (κ1) is 18.9. The lowest BCUT2D eigenvalue weighted by atomic mass is 9.99. The van der Waals surface area contributed by atoms with Crippen LogP contribution in [-0.2, 0) is 16.3 Å². The van der Waals surface area contributed by atoms with Crippen molar-refractivity contribution in [2.24, 2.45) is 5.92 Å². The molecule has 0 spiro atoms. The lowest BCUT2D eigenvalue weighted by Gasteiger charge is -2.12. The molecule has 1 aromatic heterocycles. The van der Waals surface area contributed by atoms with Crippen molar-refractivity contribution in [3.05, 3.63) is 40.9 Å². The Kier molecular flexibility index (Phi) is 8.25. The van der Waals surface area contributed by atoms with Crippen LogP contribution < -0.4 is 5.32 Å². The molecule has 0 radical (unpaired) electrons. The topological polar surface area (TPSA) is 54.9 Å². The molecule has 1 aromatic carbocycles. The Morgan fingerprint density at radius 2 is 2.00 bits per heavy atom. The van der Waals surface area contributed by atoms with E-state index in [1.807, 2.05) is 17.8 Å². The van der Waals surface area contributed by atoms with E-state index < -0.39 is 0 Å². The first-order valence-electron chi connectivity index (χ1n) is 8.47. The van der Waals surface area contributed by atoms with Gasteiger partial charge in [0.2, 0.25) is 11.0 Å². The van der Waals surface area contributed by atoms with Crippen molar-refractivity contribution in [3.8, 4) is 0 Å². The highest BCUT2D eigenvalue weighted by Gasteiger charge is 2.17. The predicted molar refractivity (Wildman–Crippen MR) is 103 cm³/mol.